The largest absolute Gasteiger partial charge is 0.416 e. The van der Waals surface area contributed by atoms with E-state index < -0.39 is 104 Å². The van der Waals surface area contributed by atoms with E-state index in [-0.39, 0.29) is 18.0 Å². The quantitative estimate of drug-likeness (QED) is 0.178. The molecule has 0 saturated carbocycles. The normalized spacial score (nSPS) is 29.5. The van der Waals surface area contributed by atoms with Crippen LogP contribution in [0.25, 0.3) is 0 Å². The van der Waals surface area contributed by atoms with Crippen LogP contribution >= 0.6 is 0 Å². The van der Waals surface area contributed by atoms with Gasteiger partial charge in [-0.3, -0.25) is 0 Å². The molecule has 2 fully saturated rings. The number of benzene rings is 2. The molecule has 2 aromatic carbocycles. The number of halogens is 6. The van der Waals surface area contributed by atoms with Crippen LogP contribution in [0, 0.1) is 0 Å². The van der Waals surface area contributed by atoms with E-state index in [9.17, 15) is 56.4 Å². The van der Waals surface area contributed by atoms with E-state index in [1.807, 2.05) is 0 Å². The highest BCUT2D eigenvalue weighted by molar-refractivity contribution is 5.90. The number of nitrogens with two attached hydrogens (primary N) is 1. The Balaban J connectivity index is 1.53. The van der Waals surface area contributed by atoms with Crippen LogP contribution in [-0.4, -0.2) is 107 Å². The van der Waals surface area contributed by atoms with E-state index in [0.29, 0.717) is 12.1 Å². The van der Waals surface area contributed by atoms with Gasteiger partial charge in [0.2, 0.25) is 0 Å². The first kappa shape index (κ1) is 37.1. The van der Waals surface area contributed by atoms with Gasteiger partial charge in [-0.05, 0) is 36.4 Å². The summed E-state index contributed by atoms with van der Waals surface area (Å²) in [6.07, 6.45) is -18.8. The third-order valence-electron chi connectivity index (χ3n) is 7.56. The number of anilines is 2. The molecule has 48 heavy (non-hydrogen) atoms. The van der Waals surface area contributed by atoms with Crippen molar-refractivity contribution in [3.8, 4) is 0 Å². The van der Waals surface area contributed by atoms with Gasteiger partial charge in [-0.25, -0.2) is 9.59 Å². The van der Waals surface area contributed by atoms with E-state index in [4.69, 9.17) is 19.9 Å². The maximum atomic E-state index is 13.1. The van der Waals surface area contributed by atoms with Gasteiger partial charge in [0.15, 0.2) is 6.29 Å². The first-order valence-corrected chi connectivity index (χ1v) is 14.3. The smallest absolute Gasteiger partial charge is 0.394 e. The van der Waals surface area contributed by atoms with Crippen molar-refractivity contribution >= 4 is 23.4 Å². The SMILES string of the molecule is N[C@H]1C(CO)OCC(NC(=O)Nc2cccc(C(F)(F)F)c2)C1O[C@@H]1OC(CO)[C@@H](O)C(O)C1NC(=O)Nc1cccc(C(F)(F)F)c1. The monoisotopic (exact) mass is 697 g/mol. The third-order valence-corrected chi connectivity index (χ3v) is 7.56. The van der Waals surface area contributed by atoms with Gasteiger partial charge in [-0.1, -0.05) is 12.1 Å². The summed E-state index contributed by atoms with van der Waals surface area (Å²) < 4.78 is 95.8. The molecular formula is C28H33F6N5O9. The molecule has 0 aromatic heterocycles. The molecule has 14 nitrogen and oxygen atoms in total. The number of hydrogen-bond acceptors (Lipinski definition) is 10. The molecule has 2 aliphatic heterocycles. The van der Waals surface area contributed by atoms with Gasteiger partial charge in [0.1, 0.15) is 30.5 Å². The van der Waals surface area contributed by atoms with Crippen LogP contribution in [0.3, 0.4) is 0 Å². The van der Waals surface area contributed by atoms with E-state index >= 15 is 0 Å². The van der Waals surface area contributed by atoms with Crippen molar-refractivity contribution in [2.24, 2.45) is 5.73 Å². The second kappa shape index (κ2) is 15.2. The molecule has 2 heterocycles. The minimum Gasteiger partial charge on any atom is -0.394 e. The Bertz CT molecular complexity index is 1420. The second-order valence-electron chi connectivity index (χ2n) is 10.9. The molecule has 0 spiro atoms. The van der Waals surface area contributed by atoms with Gasteiger partial charge < -0.3 is 61.6 Å². The summed E-state index contributed by atoms with van der Waals surface area (Å²) in [6, 6.07) is 1.09. The number of carbonyl (C=O) groups is 2. The predicted octanol–water partition coefficient (Wildman–Crippen LogP) is 0.947. The summed E-state index contributed by atoms with van der Waals surface area (Å²) in [7, 11) is 0. The minimum absolute atomic E-state index is 0.219. The topological polar surface area (TPSA) is 217 Å². The number of aliphatic hydroxyl groups is 4. The van der Waals surface area contributed by atoms with Gasteiger partial charge in [0.05, 0.1) is 49.1 Å². The van der Waals surface area contributed by atoms with Crippen LogP contribution in [0.15, 0.2) is 48.5 Å². The molecule has 266 valence electrons. The fourth-order valence-electron chi connectivity index (χ4n) is 5.10. The van der Waals surface area contributed by atoms with E-state index in [1.165, 1.54) is 6.07 Å². The zero-order valence-corrected chi connectivity index (χ0v) is 24.6. The second-order valence-corrected chi connectivity index (χ2v) is 10.9. The molecule has 0 aliphatic carbocycles. The number of nitrogens with one attached hydrogen (secondary N) is 4. The van der Waals surface area contributed by atoms with Gasteiger partial charge in [0, 0.05) is 11.4 Å². The molecule has 20 heteroatoms. The fourth-order valence-corrected chi connectivity index (χ4v) is 5.10. The number of hydrogen-bond donors (Lipinski definition) is 9. The van der Waals surface area contributed by atoms with Crippen LogP contribution in [0.2, 0.25) is 0 Å². The molecule has 10 N–H and O–H groups in total. The summed E-state index contributed by atoms with van der Waals surface area (Å²) in [5.74, 6) is 0. The molecule has 9 atom stereocenters. The van der Waals surface area contributed by atoms with Crippen molar-refractivity contribution in [2.75, 3.05) is 30.5 Å². The van der Waals surface area contributed by atoms with E-state index in [0.717, 1.165) is 30.3 Å². The van der Waals surface area contributed by atoms with Crippen molar-refractivity contribution in [2.45, 2.75) is 67.3 Å². The van der Waals surface area contributed by atoms with Gasteiger partial charge >= 0.3 is 24.4 Å². The van der Waals surface area contributed by atoms with Crippen LogP contribution in [-0.2, 0) is 26.6 Å². The highest BCUT2D eigenvalue weighted by Crippen LogP contribution is 2.32. The molecule has 2 aliphatic rings. The number of urea groups is 2. The van der Waals surface area contributed by atoms with Crippen molar-refractivity contribution in [3.05, 3.63) is 59.7 Å². The van der Waals surface area contributed by atoms with E-state index in [1.54, 1.807) is 0 Å². The molecule has 6 unspecified atom stereocenters. The molecule has 2 aromatic rings. The molecular weight excluding hydrogens is 664 g/mol. The maximum Gasteiger partial charge on any atom is 0.416 e. The molecule has 0 radical (unpaired) electrons. The van der Waals surface area contributed by atoms with E-state index in [2.05, 4.69) is 21.3 Å². The van der Waals surface area contributed by atoms with Crippen molar-refractivity contribution in [1.82, 2.24) is 10.6 Å². The zero-order valence-electron chi connectivity index (χ0n) is 24.6. The number of amides is 4. The molecule has 4 rings (SSSR count). The summed E-state index contributed by atoms with van der Waals surface area (Å²) in [5.41, 5.74) is 3.65. The van der Waals surface area contributed by atoms with Crippen LogP contribution in [0.1, 0.15) is 11.1 Å². The van der Waals surface area contributed by atoms with Crippen LogP contribution < -0.4 is 27.0 Å². The predicted molar refractivity (Wildman–Crippen MR) is 152 cm³/mol. The zero-order chi connectivity index (χ0) is 35.4. The maximum absolute atomic E-state index is 13.1. The summed E-state index contributed by atoms with van der Waals surface area (Å²) in [6.45, 7) is -1.84. The van der Waals surface area contributed by atoms with Crippen molar-refractivity contribution in [1.29, 1.82) is 0 Å². The van der Waals surface area contributed by atoms with Gasteiger partial charge in [-0.2, -0.15) is 26.3 Å². The van der Waals surface area contributed by atoms with Crippen LogP contribution in [0.4, 0.5) is 47.3 Å². The lowest BCUT2D eigenvalue weighted by Crippen LogP contribution is -2.69. The number of ether oxygens (including phenoxy) is 3. The average molecular weight is 698 g/mol. The Labute approximate surface area is 268 Å². The first-order chi connectivity index (χ1) is 22.5. The molecule has 4 amide bonds. The Kier molecular flexibility index (Phi) is 11.7. The number of aliphatic hydroxyl groups excluding tert-OH is 4. The average Bonchev–Trinajstić information content (AvgIpc) is 3.01. The highest BCUT2D eigenvalue weighted by atomic mass is 19.4. The summed E-state index contributed by atoms with van der Waals surface area (Å²) in [4.78, 5) is 25.7. The minimum atomic E-state index is -4.71. The summed E-state index contributed by atoms with van der Waals surface area (Å²) >= 11 is 0. The molecule has 2 saturated heterocycles. The first-order valence-electron chi connectivity index (χ1n) is 14.3. The number of carbonyl (C=O) groups excluding carboxylic acids is 2. The van der Waals surface area contributed by atoms with Crippen molar-refractivity contribution in [3.63, 3.8) is 0 Å². The lowest BCUT2D eigenvalue weighted by Gasteiger charge is -2.47. The molecule has 0 bridgehead atoms. The lowest BCUT2D eigenvalue weighted by atomic mass is 9.94. The highest BCUT2D eigenvalue weighted by Gasteiger charge is 2.49. The Morgan fingerprint density at radius 2 is 1.35 bits per heavy atom. The van der Waals surface area contributed by atoms with Crippen LogP contribution in [0.5, 0.6) is 0 Å². The van der Waals surface area contributed by atoms with Crippen molar-refractivity contribution < 1.29 is 70.6 Å². The standard InChI is InChI=1S/C28H33F6N5O9/c29-27(30,31)12-3-1-5-14(7-12)36-25(44)38-16-11-46-17(9-40)19(35)23(16)48-24-20(22(43)21(42)18(10-41)47-24)39-26(45)37-15-6-2-4-13(8-15)28(32,33)34/h1-8,16-24,40-43H,9-11,35H2,(H2,36,38,44)(H2,37,39,45)/t16?,17?,18?,19-,20?,21+,22?,23?,24-/m0/s1. The van der Waals surface area contributed by atoms with Gasteiger partial charge in [0.25, 0.3) is 0 Å². The fraction of sp³-hybridized carbons (Fsp3) is 0.500. The number of alkyl halides is 6. The number of rotatable bonds is 8. The van der Waals surface area contributed by atoms with Gasteiger partial charge in [-0.15, -0.1) is 0 Å². The lowest BCUT2D eigenvalue weighted by molar-refractivity contribution is -0.292. The Morgan fingerprint density at radius 1 is 0.833 bits per heavy atom. The summed E-state index contributed by atoms with van der Waals surface area (Å²) in [5, 5.41) is 49.9. The Morgan fingerprint density at radius 3 is 1.85 bits per heavy atom. The Hall–Kier alpha value is -3.76. The third kappa shape index (κ3) is 9.02.